The molecule has 106 valence electrons. The van der Waals surface area contributed by atoms with Crippen molar-refractivity contribution < 1.29 is 0 Å². The van der Waals surface area contributed by atoms with Crippen molar-refractivity contribution in [2.45, 2.75) is 37.0 Å². The van der Waals surface area contributed by atoms with E-state index < -0.39 is 0 Å². The number of anilines is 2. The van der Waals surface area contributed by atoms with Crippen LogP contribution in [0.2, 0.25) is 0 Å². The molecule has 0 radical (unpaired) electrons. The molecule has 1 aliphatic carbocycles. The third kappa shape index (κ3) is 2.70. The van der Waals surface area contributed by atoms with Gasteiger partial charge in [-0.05, 0) is 37.7 Å². The molecule has 20 heavy (non-hydrogen) atoms. The first kappa shape index (κ1) is 13.6. The average molecular weight is 287 g/mol. The van der Waals surface area contributed by atoms with Crippen LogP contribution in [0, 0.1) is 0 Å². The summed E-state index contributed by atoms with van der Waals surface area (Å²) in [7, 11) is 0. The zero-order chi connectivity index (χ0) is 13.9. The molecule has 0 saturated heterocycles. The summed E-state index contributed by atoms with van der Waals surface area (Å²) >= 11 is 1.99. The summed E-state index contributed by atoms with van der Waals surface area (Å²) in [4.78, 5) is 4.14. The summed E-state index contributed by atoms with van der Waals surface area (Å²) in [5.41, 5.74) is 8.22. The molecule has 3 rings (SSSR count). The molecule has 1 aliphatic rings. The highest BCUT2D eigenvalue weighted by Crippen LogP contribution is 2.32. The van der Waals surface area contributed by atoms with Crippen molar-refractivity contribution in [2.75, 3.05) is 17.3 Å². The third-order valence-electron chi connectivity index (χ3n) is 4.18. The number of benzene rings is 1. The van der Waals surface area contributed by atoms with Crippen LogP contribution in [0.25, 0.3) is 10.8 Å². The normalized spacial score (nSPS) is 22.9. The number of nitrogens with two attached hydrogens (primary N) is 1. The minimum atomic E-state index is 0.544. The molecule has 4 heteroatoms. The van der Waals surface area contributed by atoms with Gasteiger partial charge in [0.15, 0.2) is 0 Å². The quantitative estimate of drug-likeness (QED) is 0.841. The summed E-state index contributed by atoms with van der Waals surface area (Å²) in [5, 5.41) is 6.61. The van der Waals surface area contributed by atoms with Crippen LogP contribution >= 0.6 is 11.8 Å². The molecule has 0 amide bonds. The van der Waals surface area contributed by atoms with Crippen LogP contribution in [0.15, 0.2) is 30.6 Å². The maximum absolute atomic E-state index is 6.31. The van der Waals surface area contributed by atoms with E-state index in [1.807, 2.05) is 24.0 Å². The lowest BCUT2D eigenvalue weighted by atomic mass is 9.94. The minimum absolute atomic E-state index is 0.544. The Bertz CT molecular complexity index is 599. The summed E-state index contributed by atoms with van der Waals surface area (Å²) in [6.45, 7) is 0. The SMILES string of the molecule is CSC1CCCC(Nc2ccc3cnccc3c2N)C1. The van der Waals surface area contributed by atoms with Gasteiger partial charge in [-0.25, -0.2) is 0 Å². The van der Waals surface area contributed by atoms with Crippen LogP contribution in [0.5, 0.6) is 0 Å². The Labute approximate surface area is 124 Å². The van der Waals surface area contributed by atoms with Crippen LogP contribution in [-0.2, 0) is 0 Å². The van der Waals surface area contributed by atoms with Gasteiger partial charge in [0.2, 0.25) is 0 Å². The molecule has 0 bridgehead atoms. The molecule has 1 fully saturated rings. The lowest BCUT2D eigenvalue weighted by molar-refractivity contribution is 0.474. The van der Waals surface area contributed by atoms with Crippen LogP contribution in [0.4, 0.5) is 11.4 Å². The fraction of sp³-hybridized carbons (Fsp3) is 0.438. The van der Waals surface area contributed by atoms with E-state index in [0.29, 0.717) is 6.04 Å². The smallest absolute Gasteiger partial charge is 0.0630 e. The van der Waals surface area contributed by atoms with Crippen LogP contribution in [-0.4, -0.2) is 22.5 Å². The van der Waals surface area contributed by atoms with E-state index in [4.69, 9.17) is 5.73 Å². The largest absolute Gasteiger partial charge is 0.397 e. The van der Waals surface area contributed by atoms with Gasteiger partial charge in [0.25, 0.3) is 0 Å². The van der Waals surface area contributed by atoms with Crippen LogP contribution in [0.1, 0.15) is 25.7 Å². The highest BCUT2D eigenvalue weighted by Gasteiger charge is 2.21. The molecule has 1 aromatic heterocycles. The second kappa shape index (κ2) is 5.92. The molecule has 2 aromatic rings. The lowest BCUT2D eigenvalue weighted by Gasteiger charge is -2.30. The number of aromatic nitrogens is 1. The van der Waals surface area contributed by atoms with Gasteiger partial charge in [0.1, 0.15) is 0 Å². The Morgan fingerprint density at radius 1 is 1.30 bits per heavy atom. The number of hydrogen-bond acceptors (Lipinski definition) is 4. The van der Waals surface area contributed by atoms with Crippen molar-refractivity contribution in [2.24, 2.45) is 0 Å². The predicted molar refractivity (Wildman–Crippen MR) is 89.3 cm³/mol. The van der Waals surface area contributed by atoms with Gasteiger partial charge in [-0.1, -0.05) is 12.5 Å². The number of rotatable bonds is 3. The summed E-state index contributed by atoms with van der Waals surface area (Å²) in [5.74, 6) is 0. The lowest BCUT2D eigenvalue weighted by Crippen LogP contribution is -2.28. The Morgan fingerprint density at radius 2 is 2.20 bits per heavy atom. The molecular formula is C16H21N3S. The Kier molecular flexibility index (Phi) is 4.01. The molecule has 0 spiro atoms. The van der Waals surface area contributed by atoms with Crippen LogP contribution in [0.3, 0.4) is 0 Å². The first-order valence-corrected chi connectivity index (χ1v) is 8.48. The van der Waals surface area contributed by atoms with Crippen molar-refractivity contribution in [3.8, 4) is 0 Å². The van der Waals surface area contributed by atoms with E-state index in [0.717, 1.165) is 27.4 Å². The fourth-order valence-electron chi connectivity index (χ4n) is 3.03. The molecule has 1 heterocycles. The van der Waals surface area contributed by atoms with E-state index in [1.54, 1.807) is 6.20 Å². The third-order valence-corrected chi connectivity index (χ3v) is 5.28. The fourth-order valence-corrected chi connectivity index (χ4v) is 3.86. The van der Waals surface area contributed by atoms with Crippen molar-refractivity contribution in [3.63, 3.8) is 0 Å². The Morgan fingerprint density at radius 3 is 3.05 bits per heavy atom. The van der Waals surface area contributed by atoms with Crippen molar-refractivity contribution in [3.05, 3.63) is 30.6 Å². The second-order valence-electron chi connectivity index (χ2n) is 5.49. The highest BCUT2D eigenvalue weighted by atomic mass is 32.2. The molecule has 0 aliphatic heterocycles. The summed E-state index contributed by atoms with van der Waals surface area (Å²) in [6.07, 6.45) is 11.0. The van der Waals surface area contributed by atoms with E-state index >= 15 is 0 Å². The molecule has 2 atom stereocenters. The molecule has 3 nitrogen and oxygen atoms in total. The van der Waals surface area contributed by atoms with Gasteiger partial charge < -0.3 is 11.1 Å². The van der Waals surface area contributed by atoms with Crippen molar-refractivity contribution >= 4 is 33.9 Å². The Hall–Kier alpha value is -1.42. The Balaban J connectivity index is 1.82. The minimum Gasteiger partial charge on any atom is -0.397 e. The number of hydrogen-bond donors (Lipinski definition) is 2. The first-order chi connectivity index (χ1) is 9.78. The molecule has 2 unspecified atom stereocenters. The highest BCUT2D eigenvalue weighted by molar-refractivity contribution is 7.99. The van der Waals surface area contributed by atoms with E-state index in [1.165, 1.54) is 25.7 Å². The number of fused-ring (bicyclic) bond motifs is 1. The number of thioether (sulfide) groups is 1. The monoisotopic (exact) mass is 287 g/mol. The van der Waals surface area contributed by atoms with E-state index in [-0.39, 0.29) is 0 Å². The van der Waals surface area contributed by atoms with Gasteiger partial charge in [-0.15, -0.1) is 0 Å². The summed E-state index contributed by atoms with van der Waals surface area (Å²) in [6, 6.07) is 6.71. The maximum Gasteiger partial charge on any atom is 0.0630 e. The number of nitrogens with one attached hydrogen (secondary N) is 1. The first-order valence-electron chi connectivity index (χ1n) is 7.19. The van der Waals surface area contributed by atoms with Crippen molar-refractivity contribution in [1.29, 1.82) is 0 Å². The van der Waals surface area contributed by atoms with Crippen molar-refractivity contribution in [1.82, 2.24) is 4.98 Å². The molecule has 1 aromatic carbocycles. The van der Waals surface area contributed by atoms with E-state index in [9.17, 15) is 0 Å². The van der Waals surface area contributed by atoms with Gasteiger partial charge in [0.05, 0.1) is 11.4 Å². The number of pyridine rings is 1. The zero-order valence-electron chi connectivity index (χ0n) is 11.8. The maximum atomic E-state index is 6.31. The number of nitrogen functional groups attached to an aromatic ring is 1. The van der Waals surface area contributed by atoms with Gasteiger partial charge in [-0.3, -0.25) is 4.98 Å². The van der Waals surface area contributed by atoms with Gasteiger partial charge >= 0.3 is 0 Å². The molecular weight excluding hydrogens is 266 g/mol. The predicted octanol–water partition coefficient (Wildman–Crippen LogP) is 3.90. The average Bonchev–Trinajstić information content (AvgIpc) is 2.50. The topological polar surface area (TPSA) is 50.9 Å². The molecule has 1 saturated carbocycles. The van der Waals surface area contributed by atoms with Gasteiger partial charge in [0, 0.05) is 34.5 Å². The zero-order valence-corrected chi connectivity index (χ0v) is 12.6. The summed E-state index contributed by atoms with van der Waals surface area (Å²) < 4.78 is 0. The molecule has 3 N–H and O–H groups in total. The number of nitrogens with zero attached hydrogens (tertiary/aromatic N) is 1. The second-order valence-corrected chi connectivity index (χ2v) is 6.63. The van der Waals surface area contributed by atoms with Gasteiger partial charge in [-0.2, -0.15) is 11.8 Å². The standard InChI is InChI=1S/C16H21N3S/c1-20-13-4-2-3-12(9-13)19-15-6-5-11-10-18-8-7-14(11)16(15)17/h5-8,10,12-13,19H,2-4,9,17H2,1H3. The van der Waals surface area contributed by atoms with Crippen LogP contribution < -0.4 is 11.1 Å². The van der Waals surface area contributed by atoms with E-state index in [2.05, 4.69) is 28.7 Å².